The number of benzene rings is 1. The summed E-state index contributed by atoms with van der Waals surface area (Å²) < 4.78 is 2.11. The summed E-state index contributed by atoms with van der Waals surface area (Å²) in [7, 11) is 0. The van der Waals surface area contributed by atoms with Crippen LogP contribution in [0.5, 0.6) is 0 Å². The zero-order valence-corrected chi connectivity index (χ0v) is 14.7. The molecule has 1 N–H and O–H groups in total. The predicted molar refractivity (Wildman–Crippen MR) is 95.1 cm³/mol. The molecule has 3 aromatic rings. The second kappa shape index (κ2) is 7.00. The maximum absolute atomic E-state index is 12.4. The van der Waals surface area contributed by atoms with E-state index in [2.05, 4.69) is 31.8 Å². The van der Waals surface area contributed by atoms with Gasteiger partial charge in [-0.1, -0.05) is 23.9 Å². The number of hydrogen-bond acceptors (Lipinski definition) is 5. The Kier molecular flexibility index (Phi) is 4.80. The molecule has 0 unspecified atom stereocenters. The molecule has 0 aliphatic heterocycles. The van der Waals surface area contributed by atoms with Crippen molar-refractivity contribution in [1.29, 1.82) is 0 Å². The van der Waals surface area contributed by atoms with Gasteiger partial charge in [-0.05, 0) is 38.3 Å². The van der Waals surface area contributed by atoms with Crippen molar-refractivity contribution < 1.29 is 4.79 Å². The molecule has 7 heteroatoms. The Morgan fingerprint density at radius 1 is 1.25 bits per heavy atom. The second-order valence-electron chi connectivity index (χ2n) is 5.32. The number of nitrogens with zero attached hydrogens (tertiary/aromatic N) is 4. The van der Waals surface area contributed by atoms with Gasteiger partial charge in [0.1, 0.15) is 11.5 Å². The Morgan fingerprint density at radius 3 is 2.79 bits per heavy atom. The molecule has 6 nitrogen and oxygen atoms in total. The van der Waals surface area contributed by atoms with Crippen LogP contribution in [0.3, 0.4) is 0 Å². The van der Waals surface area contributed by atoms with Crippen molar-refractivity contribution >= 4 is 28.7 Å². The van der Waals surface area contributed by atoms with Crippen molar-refractivity contribution in [3.63, 3.8) is 0 Å². The first-order valence-electron chi connectivity index (χ1n) is 7.74. The van der Waals surface area contributed by atoms with E-state index in [4.69, 9.17) is 0 Å². The molecule has 2 heterocycles. The van der Waals surface area contributed by atoms with Crippen LogP contribution in [0.15, 0.2) is 35.5 Å². The average Bonchev–Trinajstić information content (AvgIpc) is 2.96. The zero-order chi connectivity index (χ0) is 17.1. The summed E-state index contributed by atoms with van der Waals surface area (Å²) in [4.78, 5) is 25.5. The second-order valence-corrected chi connectivity index (χ2v) is 6.10. The molecule has 0 saturated carbocycles. The number of hydrogen-bond donors (Lipinski definition) is 1. The van der Waals surface area contributed by atoms with E-state index in [9.17, 15) is 4.79 Å². The first kappa shape index (κ1) is 16.4. The first-order chi connectivity index (χ1) is 11.6. The van der Waals surface area contributed by atoms with Gasteiger partial charge in [0, 0.05) is 12.2 Å². The minimum atomic E-state index is -0.217. The number of rotatable bonds is 5. The third-order valence-corrected chi connectivity index (χ3v) is 4.25. The van der Waals surface area contributed by atoms with Crippen molar-refractivity contribution in [1.82, 2.24) is 24.8 Å². The van der Waals surface area contributed by atoms with Crippen LogP contribution >= 0.6 is 11.8 Å². The van der Waals surface area contributed by atoms with E-state index in [1.54, 1.807) is 6.07 Å². The van der Waals surface area contributed by atoms with E-state index in [0.717, 1.165) is 29.1 Å². The lowest BCUT2D eigenvalue weighted by molar-refractivity contribution is 0.0943. The van der Waals surface area contributed by atoms with E-state index in [0.29, 0.717) is 17.4 Å². The molecule has 0 aliphatic carbocycles. The van der Waals surface area contributed by atoms with Gasteiger partial charge in [0.2, 0.25) is 0 Å². The first-order valence-corrected chi connectivity index (χ1v) is 8.97. The zero-order valence-electron chi connectivity index (χ0n) is 13.9. The normalized spacial score (nSPS) is 11.0. The molecule has 0 saturated heterocycles. The quantitative estimate of drug-likeness (QED) is 0.571. The van der Waals surface area contributed by atoms with Crippen molar-refractivity contribution in [2.45, 2.75) is 32.1 Å². The average molecular weight is 341 g/mol. The third-order valence-electron chi connectivity index (χ3n) is 3.71. The summed E-state index contributed by atoms with van der Waals surface area (Å²) in [6.45, 7) is 5.08. The van der Waals surface area contributed by atoms with E-state index < -0.39 is 0 Å². The Bertz CT molecular complexity index is 890. The van der Waals surface area contributed by atoms with Crippen molar-refractivity contribution in [2.24, 2.45) is 0 Å². The number of carbonyl (C=O) groups is 1. The Morgan fingerprint density at radius 2 is 2.04 bits per heavy atom. The number of thioether (sulfide) groups is 1. The lowest BCUT2D eigenvalue weighted by atomic mass is 10.3. The molecule has 0 bridgehead atoms. The minimum absolute atomic E-state index is 0.217. The fraction of sp³-hybridized carbons (Fsp3) is 0.294. The van der Waals surface area contributed by atoms with Crippen LogP contribution in [-0.4, -0.2) is 31.7 Å². The molecule has 0 fully saturated rings. The number of para-hydroxylation sites is 2. The van der Waals surface area contributed by atoms with Crippen molar-refractivity contribution in [2.75, 3.05) is 6.26 Å². The fourth-order valence-corrected chi connectivity index (χ4v) is 3.04. The summed E-state index contributed by atoms with van der Waals surface area (Å²) in [5.41, 5.74) is 3.17. The Balaban J connectivity index is 1.81. The highest BCUT2D eigenvalue weighted by Crippen LogP contribution is 2.16. The molecule has 24 heavy (non-hydrogen) atoms. The highest BCUT2D eigenvalue weighted by molar-refractivity contribution is 7.98. The van der Waals surface area contributed by atoms with Gasteiger partial charge >= 0.3 is 0 Å². The van der Waals surface area contributed by atoms with E-state index in [1.807, 2.05) is 37.4 Å². The van der Waals surface area contributed by atoms with Crippen LogP contribution in [0.2, 0.25) is 0 Å². The summed E-state index contributed by atoms with van der Waals surface area (Å²) in [6.07, 6.45) is 1.89. The van der Waals surface area contributed by atoms with Gasteiger partial charge < -0.3 is 9.88 Å². The van der Waals surface area contributed by atoms with Gasteiger partial charge in [-0.15, -0.1) is 0 Å². The van der Waals surface area contributed by atoms with Gasteiger partial charge in [0.15, 0.2) is 5.16 Å². The number of imidazole rings is 1. The molecule has 0 aliphatic rings. The maximum atomic E-state index is 12.4. The highest BCUT2D eigenvalue weighted by atomic mass is 32.2. The number of fused-ring (bicyclic) bond motifs is 1. The van der Waals surface area contributed by atoms with Gasteiger partial charge in [0.25, 0.3) is 5.91 Å². The number of aromatic nitrogens is 4. The molecule has 2 aromatic heterocycles. The van der Waals surface area contributed by atoms with E-state index >= 15 is 0 Å². The molecule has 0 spiro atoms. The van der Waals surface area contributed by atoms with Gasteiger partial charge in [-0.2, -0.15) is 0 Å². The van der Waals surface area contributed by atoms with Gasteiger partial charge in [0.05, 0.1) is 17.6 Å². The van der Waals surface area contributed by atoms with Gasteiger partial charge in [-0.3, -0.25) is 4.79 Å². The van der Waals surface area contributed by atoms with Crippen LogP contribution in [0.4, 0.5) is 0 Å². The Labute approximate surface area is 144 Å². The molecule has 1 aromatic carbocycles. The fourth-order valence-electron chi connectivity index (χ4n) is 2.61. The van der Waals surface area contributed by atoms with Crippen LogP contribution < -0.4 is 5.32 Å². The smallest absolute Gasteiger partial charge is 0.270 e. The van der Waals surface area contributed by atoms with Crippen LogP contribution in [0.25, 0.3) is 11.0 Å². The van der Waals surface area contributed by atoms with Crippen LogP contribution in [0, 0.1) is 6.92 Å². The van der Waals surface area contributed by atoms with Gasteiger partial charge in [-0.25, -0.2) is 15.0 Å². The van der Waals surface area contributed by atoms with Crippen LogP contribution in [0.1, 0.15) is 28.9 Å². The number of nitrogens with one attached hydrogen (secondary N) is 1. The SMILES string of the molecule is CCn1c(CNC(=O)c2cc(C)nc(SC)n2)nc2ccccc21. The molecule has 3 rings (SSSR count). The molecular formula is C17H19N5OS. The molecule has 0 atom stereocenters. The van der Waals surface area contributed by atoms with Crippen molar-refractivity contribution in [3.8, 4) is 0 Å². The maximum Gasteiger partial charge on any atom is 0.270 e. The third kappa shape index (κ3) is 3.26. The largest absolute Gasteiger partial charge is 0.343 e. The lowest BCUT2D eigenvalue weighted by Crippen LogP contribution is -2.26. The molecule has 124 valence electrons. The molecule has 1 amide bonds. The number of amides is 1. The van der Waals surface area contributed by atoms with Crippen molar-refractivity contribution in [3.05, 3.63) is 47.5 Å². The summed E-state index contributed by atoms with van der Waals surface area (Å²) in [6, 6.07) is 9.66. The highest BCUT2D eigenvalue weighted by Gasteiger charge is 2.13. The molecule has 0 radical (unpaired) electrons. The predicted octanol–water partition coefficient (Wildman–Crippen LogP) is 2.81. The number of carbonyl (C=O) groups excluding carboxylic acids is 1. The summed E-state index contributed by atoms with van der Waals surface area (Å²) >= 11 is 1.42. The van der Waals surface area contributed by atoms with Crippen LogP contribution in [-0.2, 0) is 13.1 Å². The summed E-state index contributed by atoms with van der Waals surface area (Å²) in [5.74, 6) is 0.619. The molecular weight excluding hydrogens is 322 g/mol. The topological polar surface area (TPSA) is 72.7 Å². The van der Waals surface area contributed by atoms with E-state index in [-0.39, 0.29) is 5.91 Å². The monoisotopic (exact) mass is 341 g/mol. The minimum Gasteiger partial charge on any atom is -0.343 e. The summed E-state index contributed by atoms with van der Waals surface area (Å²) in [5, 5.41) is 3.51. The lowest BCUT2D eigenvalue weighted by Gasteiger charge is -2.08. The Hall–Kier alpha value is -2.41. The standard InChI is InChI=1S/C17H19N5OS/c1-4-22-14-8-6-5-7-12(14)20-15(22)10-18-16(23)13-9-11(2)19-17(21-13)24-3/h5-9H,4,10H2,1-3H3,(H,18,23). The van der Waals surface area contributed by atoms with E-state index in [1.165, 1.54) is 11.8 Å². The number of aryl methyl sites for hydroxylation is 2.